The van der Waals surface area contributed by atoms with Crippen molar-refractivity contribution >= 4 is 22.4 Å². The third-order valence-corrected chi connectivity index (χ3v) is 4.81. The van der Waals surface area contributed by atoms with Crippen LogP contribution in [0.3, 0.4) is 0 Å². The van der Waals surface area contributed by atoms with Gasteiger partial charge in [-0.1, -0.05) is 0 Å². The van der Waals surface area contributed by atoms with E-state index < -0.39 is 17.5 Å². The standard InChI is InChI=1S/C21H19F2N3O3/c22-16-2-1-6-24-19(16)20(27)26-15-10-14-3-7-25-21(18(14)17(23)11-15)29-12-13-4-8-28-9-5-13/h1-3,6-7,10-11,13H,4-5,8-9,12H2,(H,26,27). The van der Waals surface area contributed by atoms with Crippen molar-refractivity contribution in [3.63, 3.8) is 0 Å². The molecule has 0 aliphatic carbocycles. The number of nitrogens with one attached hydrogen (secondary N) is 1. The first-order chi connectivity index (χ1) is 14.1. The molecular weight excluding hydrogens is 380 g/mol. The van der Waals surface area contributed by atoms with Crippen molar-refractivity contribution in [3.05, 3.63) is 60.1 Å². The van der Waals surface area contributed by atoms with Gasteiger partial charge in [0.15, 0.2) is 11.5 Å². The van der Waals surface area contributed by atoms with Gasteiger partial charge in [-0.05, 0) is 54.5 Å². The predicted molar refractivity (Wildman–Crippen MR) is 103 cm³/mol. The molecule has 0 spiro atoms. The Morgan fingerprint density at radius 2 is 1.97 bits per heavy atom. The lowest BCUT2D eigenvalue weighted by molar-refractivity contribution is 0.0493. The number of nitrogens with zero attached hydrogens (tertiary/aromatic N) is 2. The monoisotopic (exact) mass is 399 g/mol. The Morgan fingerprint density at radius 1 is 1.14 bits per heavy atom. The third kappa shape index (κ3) is 4.32. The van der Waals surface area contributed by atoms with E-state index in [9.17, 15) is 13.6 Å². The zero-order chi connectivity index (χ0) is 20.2. The third-order valence-electron chi connectivity index (χ3n) is 4.81. The Bertz CT molecular complexity index is 1040. The second-order valence-electron chi connectivity index (χ2n) is 6.83. The highest BCUT2D eigenvalue weighted by molar-refractivity contribution is 6.04. The van der Waals surface area contributed by atoms with E-state index >= 15 is 0 Å². The van der Waals surface area contributed by atoms with Crippen LogP contribution in [-0.4, -0.2) is 35.7 Å². The quantitative estimate of drug-likeness (QED) is 0.703. The molecule has 0 unspecified atom stereocenters. The predicted octanol–water partition coefficient (Wildman–Crippen LogP) is 3.97. The summed E-state index contributed by atoms with van der Waals surface area (Å²) in [5.41, 5.74) is -0.171. The molecule has 1 aliphatic heterocycles. The molecule has 3 aromatic rings. The fraction of sp³-hybridized carbons (Fsp3) is 0.286. The Balaban J connectivity index is 1.55. The van der Waals surface area contributed by atoms with Crippen LogP contribution >= 0.6 is 0 Å². The van der Waals surface area contributed by atoms with E-state index in [1.165, 1.54) is 18.5 Å². The first kappa shape index (κ1) is 19.2. The lowest BCUT2D eigenvalue weighted by Gasteiger charge is -2.22. The van der Waals surface area contributed by atoms with Crippen LogP contribution in [0.4, 0.5) is 14.5 Å². The molecule has 0 saturated carbocycles. The molecule has 2 aromatic heterocycles. The van der Waals surface area contributed by atoms with Crippen molar-refractivity contribution in [1.82, 2.24) is 9.97 Å². The highest BCUT2D eigenvalue weighted by atomic mass is 19.1. The number of aromatic nitrogens is 2. The number of carbonyl (C=O) groups excluding carboxylic acids is 1. The van der Waals surface area contributed by atoms with Crippen molar-refractivity contribution in [2.24, 2.45) is 5.92 Å². The van der Waals surface area contributed by atoms with Gasteiger partial charge in [0.05, 0.1) is 12.0 Å². The van der Waals surface area contributed by atoms with Crippen molar-refractivity contribution in [2.45, 2.75) is 12.8 Å². The van der Waals surface area contributed by atoms with Gasteiger partial charge in [0, 0.05) is 31.3 Å². The van der Waals surface area contributed by atoms with E-state index in [-0.39, 0.29) is 22.6 Å². The van der Waals surface area contributed by atoms with Crippen molar-refractivity contribution in [1.29, 1.82) is 0 Å². The molecule has 4 rings (SSSR count). The second-order valence-corrected chi connectivity index (χ2v) is 6.83. The van der Waals surface area contributed by atoms with Gasteiger partial charge in [0.25, 0.3) is 5.91 Å². The Morgan fingerprint density at radius 3 is 2.76 bits per heavy atom. The molecule has 0 atom stereocenters. The van der Waals surface area contributed by atoms with Crippen LogP contribution in [0, 0.1) is 17.6 Å². The number of fused-ring (bicyclic) bond motifs is 1. The summed E-state index contributed by atoms with van der Waals surface area (Å²) in [7, 11) is 0. The van der Waals surface area contributed by atoms with E-state index in [1.54, 1.807) is 12.1 Å². The van der Waals surface area contributed by atoms with Crippen LogP contribution in [-0.2, 0) is 4.74 Å². The zero-order valence-electron chi connectivity index (χ0n) is 15.5. The summed E-state index contributed by atoms with van der Waals surface area (Å²) >= 11 is 0. The highest BCUT2D eigenvalue weighted by Gasteiger charge is 2.18. The molecule has 0 bridgehead atoms. The largest absolute Gasteiger partial charge is 0.477 e. The maximum atomic E-state index is 14.8. The van der Waals surface area contributed by atoms with Gasteiger partial charge in [0.2, 0.25) is 5.88 Å². The first-order valence-corrected chi connectivity index (χ1v) is 9.32. The number of carbonyl (C=O) groups is 1. The molecule has 1 aliphatic rings. The number of benzene rings is 1. The van der Waals surface area contributed by atoms with Crippen LogP contribution in [0.25, 0.3) is 10.8 Å². The van der Waals surface area contributed by atoms with E-state index in [2.05, 4.69) is 15.3 Å². The average Bonchev–Trinajstić information content (AvgIpc) is 2.73. The Hall–Kier alpha value is -3.13. The molecule has 1 N–H and O–H groups in total. The topological polar surface area (TPSA) is 73.3 Å². The number of ether oxygens (including phenoxy) is 2. The number of amides is 1. The minimum atomic E-state index is -0.758. The van der Waals surface area contributed by atoms with Gasteiger partial charge in [-0.2, -0.15) is 0 Å². The summed E-state index contributed by atoms with van der Waals surface area (Å²) in [5.74, 6) is -1.55. The molecule has 0 radical (unpaired) electrons. The molecule has 8 heteroatoms. The van der Waals surface area contributed by atoms with Gasteiger partial charge in [0.1, 0.15) is 5.82 Å². The molecule has 1 fully saturated rings. The lowest BCUT2D eigenvalue weighted by Crippen LogP contribution is -2.21. The fourth-order valence-corrected chi connectivity index (χ4v) is 3.27. The number of pyridine rings is 2. The normalized spacial score (nSPS) is 14.7. The Labute approximate surface area is 165 Å². The minimum Gasteiger partial charge on any atom is -0.477 e. The molecule has 1 aromatic carbocycles. The lowest BCUT2D eigenvalue weighted by atomic mass is 10.0. The average molecular weight is 399 g/mol. The number of rotatable bonds is 5. The number of hydrogen-bond donors (Lipinski definition) is 1. The van der Waals surface area contributed by atoms with Crippen LogP contribution < -0.4 is 10.1 Å². The first-order valence-electron chi connectivity index (χ1n) is 9.32. The van der Waals surface area contributed by atoms with Crippen LogP contribution in [0.2, 0.25) is 0 Å². The van der Waals surface area contributed by atoms with Gasteiger partial charge in [-0.3, -0.25) is 4.79 Å². The maximum Gasteiger partial charge on any atom is 0.277 e. The zero-order valence-corrected chi connectivity index (χ0v) is 15.5. The number of anilines is 1. The number of halogens is 2. The van der Waals surface area contributed by atoms with Gasteiger partial charge in [-0.25, -0.2) is 18.7 Å². The summed E-state index contributed by atoms with van der Waals surface area (Å²) in [6, 6.07) is 6.88. The van der Waals surface area contributed by atoms with Crippen LogP contribution in [0.5, 0.6) is 5.88 Å². The van der Waals surface area contributed by atoms with Gasteiger partial charge >= 0.3 is 0 Å². The van der Waals surface area contributed by atoms with E-state index in [1.807, 2.05) is 0 Å². The molecule has 1 saturated heterocycles. The Kier molecular flexibility index (Phi) is 5.62. The second kappa shape index (κ2) is 8.48. The molecule has 3 heterocycles. The minimum absolute atomic E-state index is 0.187. The highest BCUT2D eigenvalue weighted by Crippen LogP contribution is 2.30. The number of hydrogen-bond acceptors (Lipinski definition) is 5. The van der Waals surface area contributed by atoms with Crippen LogP contribution in [0.1, 0.15) is 23.3 Å². The van der Waals surface area contributed by atoms with Crippen LogP contribution in [0.15, 0.2) is 42.7 Å². The van der Waals surface area contributed by atoms with Crippen molar-refractivity contribution in [3.8, 4) is 5.88 Å². The van der Waals surface area contributed by atoms with Crippen molar-refractivity contribution in [2.75, 3.05) is 25.1 Å². The fourth-order valence-electron chi connectivity index (χ4n) is 3.27. The molecule has 150 valence electrons. The molecule has 6 nitrogen and oxygen atoms in total. The molecule has 29 heavy (non-hydrogen) atoms. The smallest absolute Gasteiger partial charge is 0.277 e. The van der Waals surface area contributed by atoms with E-state index in [4.69, 9.17) is 9.47 Å². The molecular formula is C21H19F2N3O3. The van der Waals surface area contributed by atoms with Gasteiger partial charge in [-0.15, -0.1) is 0 Å². The van der Waals surface area contributed by atoms with E-state index in [0.717, 1.165) is 25.0 Å². The summed E-state index contributed by atoms with van der Waals surface area (Å²) in [6.07, 6.45) is 4.62. The summed E-state index contributed by atoms with van der Waals surface area (Å²) in [5, 5.41) is 3.23. The SMILES string of the molecule is O=C(Nc1cc(F)c2c(OCC3CCOCC3)nccc2c1)c1ncccc1F. The van der Waals surface area contributed by atoms with Gasteiger partial charge < -0.3 is 14.8 Å². The van der Waals surface area contributed by atoms with Crippen molar-refractivity contribution < 1.29 is 23.0 Å². The van der Waals surface area contributed by atoms with E-state index in [0.29, 0.717) is 31.1 Å². The maximum absolute atomic E-state index is 14.8. The summed E-state index contributed by atoms with van der Waals surface area (Å²) in [4.78, 5) is 20.1. The summed E-state index contributed by atoms with van der Waals surface area (Å²) < 4.78 is 39.7. The summed E-state index contributed by atoms with van der Waals surface area (Å²) in [6.45, 7) is 1.84. The molecule has 1 amide bonds.